The predicted octanol–water partition coefficient (Wildman–Crippen LogP) is 1.87. The Morgan fingerprint density at radius 3 is 2.41 bits per heavy atom. The number of hydrogen-bond acceptors (Lipinski definition) is 3. The molecule has 0 bridgehead atoms. The van der Waals surface area contributed by atoms with E-state index in [-0.39, 0.29) is 5.56 Å². The minimum atomic E-state index is -1.05. The van der Waals surface area contributed by atoms with E-state index < -0.39 is 24.0 Å². The van der Waals surface area contributed by atoms with Crippen LogP contribution in [-0.2, 0) is 9.59 Å². The van der Waals surface area contributed by atoms with E-state index in [0.717, 1.165) is 5.56 Å². The van der Waals surface area contributed by atoms with Crippen LogP contribution in [0.1, 0.15) is 51.1 Å². The largest absolute Gasteiger partial charge is 0.480 e. The molecule has 1 aromatic rings. The zero-order chi connectivity index (χ0) is 16.7. The lowest BCUT2D eigenvalue weighted by Gasteiger charge is -2.22. The molecular weight excluding hydrogens is 284 g/mol. The normalized spacial score (nSPS) is 13.4. The summed E-state index contributed by atoms with van der Waals surface area (Å²) in [7, 11) is 0. The lowest BCUT2D eigenvalue weighted by molar-refractivity contribution is -0.142. The third kappa shape index (κ3) is 4.72. The predicted molar refractivity (Wildman–Crippen MR) is 83.9 cm³/mol. The standard InChI is InChI=1S/C16H24N2O4/c1-4-6-12(16(21)22)17-15(20)13(7-5-2)18-10-11(3)8-9-14(18)19/h8-10,12-13H,4-7H2,1-3H3,(H,17,20)(H,21,22). The van der Waals surface area contributed by atoms with Crippen LogP contribution in [0.5, 0.6) is 0 Å². The number of rotatable bonds is 8. The molecule has 1 amide bonds. The molecule has 1 aromatic heterocycles. The molecule has 0 spiro atoms. The number of aryl methyl sites for hydroxylation is 1. The zero-order valence-electron chi connectivity index (χ0n) is 13.3. The number of aromatic nitrogens is 1. The van der Waals surface area contributed by atoms with Crippen molar-refractivity contribution in [1.29, 1.82) is 0 Å². The van der Waals surface area contributed by atoms with Crippen molar-refractivity contribution in [3.63, 3.8) is 0 Å². The first kappa shape index (κ1) is 17.9. The summed E-state index contributed by atoms with van der Waals surface area (Å²) >= 11 is 0. The van der Waals surface area contributed by atoms with Crippen LogP contribution in [0.3, 0.4) is 0 Å². The van der Waals surface area contributed by atoms with Crippen LogP contribution in [0.25, 0.3) is 0 Å². The minimum Gasteiger partial charge on any atom is -0.480 e. The lowest BCUT2D eigenvalue weighted by Crippen LogP contribution is -2.45. The highest BCUT2D eigenvalue weighted by atomic mass is 16.4. The molecule has 6 nitrogen and oxygen atoms in total. The van der Waals surface area contributed by atoms with Crippen molar-refractivity contribution in [1.82, 2.24) is 9.88 Å². The van der Waals surface area contributed by atoms with Crippen LogP contribution in [0.2, 0.25) is 0 Å². The summed E-state index contributed by atoms with van der Waals surface area (Å²) in [6.45, 7) is 5.62. The van der Waals surface area contributed by atoms with Gasteiger partial charge in [0.2, 0.25) is 5.91 Å². The smallest absolute Gasteiger partial charge is 0.326 e. The number of carbonyl (C=O) groups excluding carboxylic acids is 1. The first-order valence-electron chi connectivity index (χ1n) is 7.62. The van der Waals surface area contributed by atoms with E-state index in [1.807, 2.05) is 20.8 Å². The molecule has 0 aliphatic heterocycles. The van der Waals surface area contributed by atoms with Gasteiger partial charge in [-0.1, -0.05) is 32.8 Å². The Kier molecular flexibility index (Phi) is 6.82. The van der Waals surface area contributed by atoms with E-state index in [2.05, 4.69) is 5.32 Å². The summed E-state index contributed by atoms with van der Waals surface area (Å²) in [4.78, 5) is 35.6. The highest BCUT2D eigenvalue weighted by Gasteiger charge is 2.25. The van der Waals surface area contributed by atoms with Crippen LogP contribution in [0.4, 0.5) is 0 Å². The Morgan fingerprint density at radius 2 is 1.86 bits per heavy atom. The quantitative estimate of drug-likeness (QED) is 0.767. The van der Waals surface area contributed by atoms with E-state index >= 15 is 0 Å². The van der Waals surface area contributed by atoms with Crippen molar-refractivity contribution in [2.24, 2.45) is 0 Å². The Hall–Kier alpha value is -2.11. The number of pyridine rings is 1. The van der Waals surface area contributed by atoms with Crippen molar-refractivity contribution < 1.29 is 14.7 Å². The van der Waals surface area contributed by atoms with Gasteiger partial charge in [0.1, 0.15) is 12.1 Å². The number of carboxylic acid groups (broad SMARTS) is 1. The van der Waals surface area contributed by atoms with Gasteiger partial charge in [-0.2, -0.15) is 0 Å². The molecule has 6 heteroatoms. The van der Waals surface area contributed by atoms with Gasteiger partial charge in [0.15, 0.2) is 0 Å². The maximum Gasteiger partial charge on any atom is 0.326 e. The molecule has 2 N–H and O–H groups in total. The number of nitrogens with zero attached hydrogens (tertiary/aromatic N) is 1. The van der Waals surface area contributed by atoms with Gasteiger partial charge in [-0.05, 0) is 25.3 Å². The molecule has 0 saturated heterocycles. The maximum absolute atomic E-state index is 12.5. The number of aliphatic carboxylic acids is 1. The van der Waals surface area contributed by atoms with Crippen LogP contribution < -0.4 is 10.9 Å². The second-order valence-corrected chi connectivity index (χ2v) is 5.44. The van der Waals surface area contributed by atoms with Gasteiger partial charge in [0.25, 0.3) is 5.56 Å². The number of hydrogen-bond donors (Lipinski definition) is 2. The Morgan fingerprint density at radius 1 is 1.23 bits per heavy atom. The van der Waals surface area contributed by atoms with Gasteiger partial charge < -0.3 is 15.0 Å². The molecule has 0 aliphatic rings. The molecular formula is C16H24N2O4. The molecule has 0 aliphatic carbocycles. The fourth-order valence-electron chi connectivity index (χ4n) is 2.34. The minimum absolute atomic E-state index is 0.262. The van der Waals surface area contributed by atoms with Crippen LogP contribution in [-0.4, -0.2) is 27.6 Å². The first-order valence-corrected chi connectivity index (χ1v) is 7.62. The summed E-state index contributed by atoms with van der Waals surface area (Å²) in [6.07, 6.45) is 3.85. The van der Waals surface area contributed by atoms with Crippen LogP contribution in [0, 0.1) is 6.92 Å². The van der Waals surface area contributed by atoms with Crippen molar-refractivity contribution in [2.75, 3.05) is 0 Å². The average molecular weight is 308 g/mol. The molecule has 0 saturated carbocycles. The van der Waals surface area contributed by atoms with Gasteiger partial charge in [0.05, 0.1) is 0 Å². The van der Waals surface area contributed by atoms with Gasteiger partial charge in [-0.15, -0.1) is 0 Å². The van der Waals surface area contributed by atoms with Crippen molar-refractivity contribution in [3.05, 3.63) is 34.2 Å². The maximum atomic E-state index is 12.5. The Labute approximate surface area is 130 Å². The van der Waals surface area contributed by atoms with Gasteiger partial charge in [-0.3, -0.25) is 9.59 Å². The van der Waals surface area contributed by atoms with E-state index in [4.69, 9.17) is 5.11 Å². The number of carbonyl (C=O) groups is 2. The summed E-state index contributed by atoms with van der Waals surface area (Å²) in [5, 5.41) is 11.7. The topological polar surface area (TPSA) is 88.4 Å². The summed E-state index contributed by atoms with van der Waals surface area (Å²) < 4.78 is 1.39. The average Bonchev–Trinajstić information content (AvgIpc) is 2.46. The molecule has 0 radical (unpaired) electrons. The molecule has 0 fully saturated rings. The Bertz CT molecular complexity index is 580. The van der Waals surface area contributed by atoms with Crippen LogP contribution >= 0.6 is 0 Å². The molecule has 1 rings (SSSR count). The third-order valence-electron chi connectivity index (χ3n) is 3.48. The first-order chi connectivity index (χ1) is 10.4. The summed E-state index contributed by atoms with van der Waals surface area (Å²) in [5.41, 5.74) is 0.610. The fourth-order valence-corrected chi connectivity index (χ4v) is 2.34. The highest BCUT2D eigenvalue weighted by Crippen LogP contribution is 2.14. The molecule has 1 heterocycles. The highest BCUT2D eigenvalue weighted by molar-refractivity contribution is 5.85. The molecule has 2 atom stereocenters. The van der Waals surface area contributed by atoms with Crippen LogP contribution in [0.15, 0.2) is 23.1 Å². The van der Waals surface area contributed by atoms with Crippen molar-refractivity contribution in [2.45, 2.75) is 58.5 Å². The summed E-state index contributed by atoms with van der Waals surface area (Å²) in [5.74, 6) is -1.47. The fraction of sp³-hybridized carbons (Fsp3) is 0.562. The monoisotopic (exact) mass is 308 g/mol. The van der Waals surface area contributed by atoms with E-state index in [9.17, 15) is 14.4 Å². The molecule has 0 aromatic carbocycles. The van der Waals surface area contributed by atoms with E-state index in [1.165, 1.54) is 10.6 Å². The molecule has 22 heavy (non-hydrogen) atoms. The lowest BCUT2D eigenvalue weighted by atomic mass is 10.1. The third-order valence-corrected chi connectivity index (χ3v) is 3.48. The van der Waals surface area contributed by atoms with Gasteiger partial charge in [-0.25, -0.2) is 4.79 Å². The zero-order valence-corrected chi connectivity index (χ0v) is 13.3. The SMILES string of the molecule is CCCC(NC(=O)C(CCC)n1cc(C)ccc1=O)C(=O)O. The van der Waals surface area contributed by atoms with Gasteiger partial charge in [0, 0.05) is 12.3 Å². The van der Waals surface area contributed by atoms with Crippen molar-refractivity contribution >= 4 is 11.9 Å². The number of amides is 1. The molecule has 2 unspecified atom stereocenters. The van der Waals surface area contributed by atoms with Gasteiger partial charge >= 0.3 is 5.97 Å². The number of carboxylic acids is 1. The molecule has 122 valence electrons. The van der Waals surface area contributed by atoms with E-state index in [1.54, 1.807) is 12.3 Å². The Balaban J connectivity index is 3.04. The second kappa shape index (κ2) is 8.36. The van der Waals surface area contributed by atoms with E-state index in [0.29, 0.717) is 25.7 Å². The summed E-state index contributed by atoms with van der Waals surface area (Å²) in [6, 6.07) is 1.51. The second-order valence-electron chi connectivity index (χ2n) is 5.44. The van der Waals surface area contributed by atoms with Crippen molar-refractivity contribution in [3.8, 4) is 0 Å². The number of nitrogens with one attached hydrogen (secondary N) is 1.